The number of ether oxygens (including phenoxy) is 1. The summed E-state index contributed by atoms with van der Waals surface area (Å²) in [5.74, 6) is 0.0263. The topological polar surface area (TPSA) is 46.6 Å². The van der Waals surface area contributed by atoms with Gasteiger partial charge in [0.25, 0.3) is 11.1 Å². The van der Waals surface area contributed by atoms with E-state index in [0.29, 0.717) is 28.0 Å². The Morgan fingerprint density at radius 3 is 2.47 bits per heavy atom. The minimum atomic E-state index is -0.374. The predicted molar refractivity (Wildman–Crippen MR) is 133 cm³/mol. The highest BCUT2D eigenvalue weighted by atomic mass is 79.9. The molecule has 0 aliphatic carbocycles. The molecule has 1 aliphatic heterocycles. The second-order valence-electron chi connectivity index (χ2n) is 6.94. The van der Waals surface area contributed by atoms with Crippen molar-refractivity contribution in [2.24, 2.45) is 0 Å². The first-order valence-corrected chi connectivity index (χ1v) is 11.9. The van der Waals surface area contributed by atoms with Crippen LogP contribution in [0.15, 0.2) is 76.1 Å². The first-order valence-electron chi connectivity index (χ1n) is 9.57. The largest absolute Gasteiger partial charge is 0.487 e. The second-order valence-corrected chi connectivity index (χ2v) is 9.63. The van der Waals surface area contributed by atoms with Crippen molar-refractivity contribution in [2.45, 2.75) is 13.2 Å². The minimum Gasteiger partial charge on any atom is -0.487 e. The van der Waals surface area contributed by atoms with Gasteiger partial charge in [-0.25, -0.2) is 0 Å². The van der Waals surface area contributed by atoms with E-state index in [1.807, 2.05) is 54.6 Å². The zero-order valence-electron chi connectivity index (χ0n) is 16.6. The molecule has 3 aromatic carbocycles. The average Bonchev–Trinajstić information content (AvgIpc) is 3.02. The summed E-state index contributed by atoms with van der Waals surface area (Å²) < 4.78 is 6.79. The van der Waals surface area contributed by atoms with Gasteiger partial charge in [-0.15, -0.1) is 0 Å². The summed E-state index contributed by atoms with van der Waals surface area (Å²) in [6, 6.07) is 20.4. The standard InChI is InChI=1S/C24H16BrCl2NO3S/c25-19-9-5-4-8-16(19)13-28-23(29)21(32-24(28)30)11-17-10-18(26)12-20(27)22(17)31-14-15-6-2-1-3-7-15/h1-12H,13-14H2/b21-11-. The molecule has 0 spiro atoms. The number of rotatable bonds is 6. The molecule has 0 N–H and O–H groups in total. The molecular formula is C24H16BrCl2NO3S. The monoisotopic (exact) mass is 547 g/mol. The molecule has 2 amide bonds. The number of hydrogen-bond donors (Lipinski definition) is 0. The number of carbonyl (C=O) groups is 2. The molecule has 1 fully saturated rings. The molecule has 4 rings (SSSR count). The van der Waals surface area contributed by atoms with Gasteiger partial charge in [-0.2, -0.15) is 0 Å². The van der Waals surface area contributed by atoms with E-state index in [2.05, 4.69) is 15.9 Å². The predicted octanol–water partition coefficient (Wildman–Crippen LogP) is 7.57. The van der Waals surface area contributed by atoms with Crippen LogP contribution in [0.1, 0.15) is 16.7 Å². The second kappa shape index (κ2) is 10.1. The third-order valence-corrected chi connectivity index (χ3v) is 6.89. The number of amides is 2. The van der Waals surface area contributed by atoms with Crippen LogP contribution < -0.4 is 4.74 Å². The summed E-state index contributed by atoms with van der Waals surface area (Å²) in [4.78, 5) is 27.0. The highest BCUT2D eigenvalue weighted by molar-refractivity contribution is 9.10. The van der Waals surface area contributed by atoms with E-state index >= 15 is 0 Å². The summed E-state index contributed by atoms with van der Waals surface area (Å²) in [6.45, 7) is 0.476. The average molecular weight is 549 g/mol. The molecular weight excluding hydrogens is 533 g/mol. The molecule has 1 aliphatic rings. The normalized spacial score (nSPS) is 15.0. The van der Waals surface area contributed by atoms with Gasteiger partial charge >= 0.3 is 0 Å². The molecule has 0 unspecified atom stereocenters. The Morgan fingerprint density at radius 2 is 1.72 bits per heavy atom. The molecule has 1 saturated heterocycles. The molecule has 162 valence electrons. The van der Waals surface area contributed by atoms with E-state index in [1.54, 1.807) is 18.2 Å². The van der Waals surface area contributed by atoms with Gasteiger partial charge < -0.3 is 4.74 Å². The van der Waals surface area contributed by atoms with E-state index in [4.69, 9.17) is 27.9 Å². The number of benzene rings is 3. The molecule has 0 saturated carbocycles. The zero-order chi connectivity index (χ0) is 22.7. The van der Waals surface area contributed by atoms with Gasteiger partial charge in [0.15, 0.2) is 0 Å². The Labute approximate surface area is 208 Å². The lowest BCUT2D eigenvalue weighted by Gasteiger charge is -2.14. The Kier molecular flexibility index (Phi) is 7.26. The lowest BCUT2D eigenvalue weighted by Crippen LogP contribution is -2.27. The summed E-state index contributed by atoms with van der Waals surface area (Å²) >= 11 is 16.9. The number of carbonyl (C=O) groups excluding carboxylic acids is 2. The maximum Gasteiger partial charge on any atom is 0.293 e. The minimum absolute atomic E-state index is 0.178. The highest BCUT2D eigenvalue weighted by Gasteiger charge is 2.35. The zero-order valence-corrected chi connectivity index (χ0v) is 20.5. The number of imide groups is 1. The summed E-state index contributed by atoms with van der Waals surface area (Å²) in [5, 5.41) is 0.393. The van der Waals surface area contributed by atoms with Gasteiger partial charge in [0, 0.05) is 15.1 Å². The third kappa shape index (κ3) is 5.21. The molecule has 32 heavy (non-hydrogen) atoms. The summed E-state index contributed by atoms with van der Waals surface area (Å²) in [7, 11) is 0. The number of halogens is 3. The van der Waals surface area contributed by atoms with Crippen molar-refractivity contribution in [1.82, 2.24) is 4.90 Å². The van der Waals surface area contributed by atoms with Gasteiger partial charge in [0.05, 0.1) is 16.5 Å². The van der Waals surface area contributed by atoms with Gasteiger partial charge in [0.2, 0.25) is 0 Å². The lowest BCUT2D eigenvalue weighted by molar-refractivity contribution is -0.123. The molecule has 0 aromatic heterocycles. The Bertz CT molecular complexity index is 1220. The van der Waals surface area contributed by atoms with E-state index in [9.17, 15) is 9.59 Å². The Balaban J connectivity index is 1.61. The van der Waals surface area contributed by atoms with Crippen LogP contribution in [-0.4, -0.2) is 16.0 Å². The van der Waals surface area contributed by atoms with Crippen LogP contribution in [-0.2, 0) is 17.9 Å². The van der Waals surface area contributed by atoms with Crippen LogP contribution in [0.2, 0.25) is 10.0 Å². The van der Waals surface area contributed by atoms with Crippen LogP contribution in [0.5, 0.6) is 5.75 Å². The molecule has 0 atom stereocenters. The number of nitrogens with zero attached hydrogens (tertiary/aromatic N) is 1. The third-order valence-electron chi connectivity index (χ3n) is 4.71. The number of hydrogen-bond acceptors (Lipinski definition) is 4. The summed E-state index contributed by atoms with van der Waals surface area (Å²) in [5.41, 5.74) is 2.34. The van der Waals surface area contributed by atoms with Gasteiger partial charge in [-0.3, -0.25) is 14.5 Å². The molecule has 8 heteroatoms. The maximum atomic E-state index is 13.0. The first-order chi connectivity index (χ1) is 15.4. The Hall–Kier alpha value is -2.25. The molecule has 4 nitrogen and oxygen atoms in total. The lowest BCUT2D eigenvalue weighted by atomic mass is 10.1. The summed E-state index contributed by atoms with van der Waals surface area (Å²) in [6.07, 6.45) is 1.60. The van der Waals surface area contributed by atoms with Crippen molar-refractivity contribution in [1.29, 1.82) is 0 Å². The number of thioether (sulfide) groups is 1. The van der Waals surface area contributed by atoms with E-state index in [-0.39, 0.29) is 22.6 Å². The first kappa shape index (κ1) is 22.9. The van der Waals surface area contributed by atoms with E-state index < -0.39 is 0 Å². The fourth-order valence-corrected chi connectivity index (χ4v) is 4.95. The quantitative estimate of drug-likeness (QED) is 0.298. The molecule has 0 bridgehead atoms. The highest BCUT2D eigenvalue weighted by Crippen LogP contribution is 2.39. The van der Waals surface area contributed by atoms with Crippen LogP contribution >= 0.6 is 50.9 Å². The molecule has 1 heterocycles. The smallest absolute Gasteiger partial charge is 0.293 e. The van der Waals surface area contributed by atoms with Gasteiger partial charge in [-0.05, 0) is 47.2 Å². The van der Waals surface area contributed by atoms with Crippen LogP contribution in [0.25, 0.3) is 6.08 Å². The van der Waals surface area contributed by atoms with Crippen LogP contribution in [0, 0.1) is 0 Å². The van der Waals surface area contributed by atoms with Crippen molar-refractivity contribution in [3.8, 4) is 5.75 Å². The fraction of sp³-hybridized carbons (Fsp3) is 0.0833. The van der Waals surface area contributed by atoms with E-state index in [0.717, 1.165) is 27.4 Å². The molecule has 3 aromatic rings. The van der Waals surface area contributed by atoms with Gasteiger partial charge in [-0.1, -0.05) is 87.7 Å². The van der Waals surface area contributed by atoms with Crippen LogP contribution in [0.3, 0.4) is 0 Å². The molecule has 0 radical (unpaired) electrons. The fourth-order valence-electron chi connectivity index (χ4n) is 3.14. The van der Waals surface area contributed by atoms with Crippen LogP contribution in [0.4, 0.5) is 4.79 Å². The Morgan fingerprint density at radius 1 is 1.00 bits per heavy atom. The van der Waals surface area contributed by atoms with Crippen molar-refractivity contribution in [2.75, 3.05) is 0 Å². The van der Waals surface area contributed by atoms with Gasteiger partial charge in [0.1, 0.15) is 12.4 Å². The van der Waals surface area contributed by atoms with Crippen molar-refractivity contribution in [3.63, 3.8) is 0 Å². The van der Waals surface area contributed by atoms with E-state index in [1.165, 1.54) is 4.90 Å². The SMILES string of the molecule is O=C1S/C(=C\c2cc(Cl)cc(Cl)c2OCc2ccccc2)C(=O)N1Cc1ccccc1Br. The van der Waals surface area contributed by atoms with Crippen molar-refractivity contribution in [3.05, 3.63) is 103 Å². The van der Waals surface area contributed by atoms with Crippen molar-refractivity contribution >= 4 is 68.1 Å². The van der Waals surface area contributed by atoms with Crippen molar-refractivity contribution < 1.29 is 14.3 Å². The maximum absolute atomic E-state index is 13.0.